The molecule has 0 bridgehead atoms. The molecule has 0 unspecified atom stereocenters. The number of carbonyl (C=O) groups is 2. The Balaban J connectivity index is 1.82. The zero-order chi connectivity index (χ0) is 18.2. The zero-order valence-corrected chi connectivity index (χ0v) is 14.9. The van der Waals surface area contributed by atoms with Crippen molar-refractivity contribution in [2.75, 3.05) is 11.9 Å². The summed E-state index contributed by atoms with van der Waals surface area (Å²) in [6, 6.07) is 15.4. The Bertz CT molecular complexity index is 799. The van der Waals surface area contributed by atoms with Gasteiger partial charge in [0.25, 0.3) is 5.91 Å². The van der Waals surface area contributed by atoms with Gasteiger partial charge in [-0.15, -0.1) is 0 Å². The summed E-state index contributed by atoms with van der Waals surface area (Å²) in [6.07, 6.45) is -0.994. The maximum absolute atomic E-state index is 12.0. The van der Waals surface area contributed by atoms with Crippen LogP contribution in [0.3, 0.4) is 0 Å². The van der Waals surface area contributed by atoms with Gasteiger partial charge >= 0.3 is 5.97 Å². The van der Waals surface area contributed by atoms with Crippen molar-refractivity contribution in [3.05, 3.63) is 58.6 Å². The van der Waals surface area contributed by atoms with E-state index in [1.54, 1.807) is 42.5 Å². The SMILES string of the molecule is C[C@@H](OC(=O)COc1ccc(Br)cc1)C(=O)Nc1cccc(C#N)c1. The summed E-state index contributed by atoms with van der Waals surface area (Å²) in [6.45, 7) is 1.16. The molecule has 1 N–H and O–H groups in total. The number of halogens is 1. The van der Waals surface area contributed by atoms with Gasteiger partial charge in [0, 0.05) is 10.2 Å². The van der Waals surface area contributed by atoms with Gasteiger partial charge in [-0.05, 0) is 49.4 Å². The highest BCUT2D eigenvalue weighted by molar-refractivity contribution is 9.10. The Hall–Kier alpha value is -2.85. The van der Waals surface area contributed by atoms with Crippen LogP contribution in [0.1, 0.15) is 12.5 Å². The fourth-order valence-corrected chi connectivity index (χ4v) is 2.13. The second kappa shape index (κ2) is 8.85. The topological polar surface area (TPSA) is 88.4 Å². The average Bonchev–Trinajstić information content (AvgIpc) is 2.61. The number of benzene rings is 2. The Morgan fingerprint density at radius 1 is 1.24 bits per heavy atom. The molecule has 6 nitrogen and oxygen atoms in total. The van der Waals surface area contributed by atoms with E-state index in [-0.39, 0.29) is 6.61 Å². The van der Waals surface area contributed by atoms with E-state index in [1.165, 1.54) is 13.0 Å². The standard InChI is InChI=1S/C18H15BrN2O4/c1-12(18(23)21-15-4-2-3-13(9-15)10-20)25-17(22)11-24-16-7-5-14(19)6-8-16/h2-9,12H,11H2,1H3,(H,21,23)/t12-/m1/s1. The second-order valence-corrected chi connectivity index (χ2v) is 5.97. The first kappa shape index (κ1) is 18.5. The summed E-state index contributed by atoms with van der Waals surface area (Å²) >= 11 is 3.30. The second-order valence-electron chi connectivity index (χ2n) is 5.06. The van der Waals surface area contributed by atoms with Crippen LogP contribution in [0, 0.1) is 11.3 Å². The monoisotopic (exact) mass is 402 g/mol. The summed E-state index contributed by atoms with van der Waals surface area (Å²) in [5.74, 6) is -0.631. The van der Waals surface area contributed by atoms with Crippen molar-refractivity contribution in [1.29, 1.82) is 5.26 Å². The molecule has 1 amide bonds. The highest BCUT2D eigenvalue weighted by atomic mass is 79.9. The fourth-order valence-electron chi connectivity index (χ4n) is 1.87. The van der Waals surface area contributed by atoms with Crippen molar-refractivity contribution in [1.82, 2.24) is 0 Å². The van der Waals surface area contributed by atoms with E-state index in [2.05, 4.69) is 21.2 Å². The third-order valence-corrected chi connectivity index (χ3v) is 3.64. The Labute approximate surface area is 153 Å². The predicted octanol–water partition coefficient (Wildman–Crippen LogP) is 3.27. The van der Waals surface area contributed by atoms with E-state index in [1.807, 2.05) is 6.07 Å². The van der Waals surface area contributed by atoms with Crippen molar-refractivity contribution < 1.29 is 19.1 Å². The quantitative estimate of drug-likeness (QED) is 0.748. The number of nitriles is 1. The molecule has 0 saturated carbocycles. The molecule has 0 heterocycles. The fraction of sp³-hybridized carbons (Fsp3) is 0.167. The lowest BCUT2D eigenvalue weighted by Crippen LogP contribution is -2.31. The van der Waals surface area contributed by atoms with Crippen LogP contribution in [0.4, 0.5) is 5.69 Å². The first-order valence-corrected chi connectivity index (χ1v) is 8.16. The molecule has 2 rings (SSSR count). The number of ether oxygens (including phenoxy) is 2. The Morgan fingerprint density at radius 3 is 2.64 bits per heavy atom. The van der Waals surface area contributed by atoms with Crippen molar-refractivity contribution in [2.24, 2.45) is 0 Å². The van der Waals surface area contributed by atoms with Gasteiger partial charge in [-0.25, -0.2) is 4.79 Å². The summed E-state index contributed by atoms with van der Waals surface area (Å²) in [5, 5.41) is 11.4. The number of amides is 1. The minimum absolute atomic E-state index is 0.302. The molecule has 25 heavy (non-hydrogen) atoms. The normalized spacial score (nSPS) is 11.1. The van der Waals surface area contributed by atoms with E-state index in [0.29, 0.717) is 17.0 Å². The molecule has 2 aromatic carbocycles. The predicted molar refractivity (Wildman–Crippen MR) is 95.0 cm³/mol. The van der Waals surface area contributed by atoms with Gasteiger partial charge in [0.05, 0.1) is 11.6 Å². The summed E-state index contributed by atoms with van der Waals surface area (Å²) in [4.78, 5) is 23.8. The maximum Gasteiger partial charge on any atom is 0.344 e. The van der Waals surface area contributed by atoms with Gasteiger partial charge in [-0.3, -0.25) is 4.79 Å². The van der Waals surface area contributed by atoms with Crippen LogP contribution < -0.4 is 10.1 Å². The summed E-state index contributed by atoms with van der Waals surface area (Å²) in [5.41, 5.74) is 0.878. The number of hydrogen-bond acceptors (Lipinski definition) is 5. The molecule has 0 spiro atoms. The number of hydrogen-bond donors (Lipinski definition) is 1. The van der Waals surface area contributed by atoms with Crippen LogP contribution in [0.25, 0.3) is 0 Å². The molecule has 2 aromatic rings. The largest absolute Gasteiger partial charge is 0.482 e. The number of nitrogens with zero attached hydrogens (tertiary/aromatic N) is 1. The number of rotatable bonds is 6. The lowest BCUT2D eigenvalue weighted by atomic mass is 10.2. The minimum Gasteiger partial charge on any atom is -0.482 e. The van der Waals surface area contributed by atoms with Crippen LogP contribution in [-0.4, -0.2) is 24.6 Å². The Morgan fingerprint density at radius 2 is 1.96 bits per heavy atom. The number of carbonyl (C=O) groups excluding carboxylic acids is 2. The number of nitrogens with one attached hydrogen (secondary N) is 1. The molecule has 7 heteroatoms. The third kappa shape index (κ3) is 5.94. The summed E-state index contributed by atoms with van der Waals surface area (Å²) < 4.78 is 11.2. The Kier molecular flexibility index (Phi) is 6.54. The van der Waals surface area contributed by atoms with Crippen LogP contribution in [-0.2, 0) is 14.3 Å². The maximum atomic E-state index is 12.0. The van der Waals surface area contributed by atoms with E-state index in [4.69, 9.17) is 14.7 Å². The van der Waals surface area contributed by atoms with E-state index < -0.39 is 18.0 Å². The van der Waals surface area contributed by atoms with Crippen LogP contribution in [0.5, 0.6) is 5.75 Å². The van der Waals surface area contributed by atoms with Crippen LogP contribution >= 0.6 is 15.9 Å². The molecule has 0 saturated heterocycles. The average molecular weight is 403 g/mol. The molecule has 1 atom stereocenters. The minimum atomic E-state index is -0.994. The van der Waals surface area contributed by atoms with Crippen molar-refractivity contribution in [2.45, 2.75) is 13.0 Å². The smallest absolute Gasteiger partial charge is 0.344 e. The molecule has 0 radical (unpaired) electrons. The molecular weight excluding hydrogens is 388 g/mol. The van der Waals surface area contributed by atoms with Gasteiger partial charge in [-0.1, -0.05) is 22.0 Å². The lowest BCUT2D eigenvalue weighted by Gasteiger charge is -2.14. The highest BCUT2D eigenvalue weighted by Gasteiger charge is 2.18. The van der Waals surface area contributed by atoms with Crippen LogP contribution in [0.15, 0.2) is 53.0 Å². The van der Waals surface area contributed by atoms with Gasteiger partial charge in [0.2, 0.25) is 0 Å². The van der Waals surface area contributed by atoms with E-state index in [0.717, 1.165) is 4.47 Å². The number of esters is 1. The summed E-state index contributed by atoms with van der Waals surface area (Å²) in [7, 11) is 0. The van der Waals surface area contributed by atoms with E-state index in [9.17, 15) is 9.59 Å². The van der Waals surface area contributed by atoms with Crippen molar-refractivity contribution in [3.8, 4) is 11.8 Å². The third-order valence-electron chi connectivity index (χ3n) is 3.11. The van der Waals surface area contributed by atoms with Crippen molar-refractivity contribution >= 4 is 33.5 Å². The first-order chi connectivity index (χ1) is 12.0. The van der Waals surface area contributed by atoms with Crippen LogP contribution in [0.2, 0.25) is 0 Å². The molecule has 128 valence electrons. The molecule has 0 aromatic heterocycles. The molecule has 0 aliphatic carbocycles. The highest BCUT2D eigenvalue weighted by Crippen LogP contribution is 2.16. The molecular formula is C18H15BrN2O4. The molecule has 0 fully saturated rings. The first-order valence-electron chi connectivity index (χ1n) is 7.37. The zero-order valence-electron chi connectivity index (χ0n) is 13.4. The van der Waals surface area contributed by atoms with Gasteiger partial charge in [-0.2, -0.15) is 5.26 Å². The molecule has 0 aliphatic rings. The van der Waals surface area contributed by atoms with Crippen molar-refractivity contribution in [3.63, 3.8) is 0 Å². The van der Waals surface area contributed by atoms with Gasteiger partial charge in [0.1, 0.15) is 5.75 Å². The van der Waals surface area contributed by atoms with Gasteiger partial charge in [0.15, 0.2) is 12.7 Å². The lowest BCUT2D eigenvalue weighted by molar-refractivity contribution is -0.155. The number of anilines is 1. The molecule has 0 aliphatic heterocycles. The van der Waals surface area contributed by atoms with E-state index >= 15 is 0 Å². The van der Waals surface area contributed by atoms with Gasteiger partial charge < -0.3 is 14.8 Å².